The number of ether oxygens (including phenoxy) is 3. The van der Waals surface area contributed by atoms with Crippen LogP contribution in [-0.2, 0) is 9.53 Å². The Balaban J connectivity index is 1.93. The predicted octanol–water partition coefficient (Wildman–Crippen LogP) is 2.67. The van der Waals surface area contributed by atoms with Gasteiger partial charge in [-0.25, -0.2) is 4.79 Å². The van der Waals surface area contributed by atoms with Crippen molar-refractivity contribution in [3.05, 3.63) is 69.9 Å². The Hall–Kier alpha value is -3.92. The van der Waals surface area contributed by atoms with Gasteiger partial charge in [0.05, 0.1) is 26.9 Å². The lowest BCUT2D eigenvalue weighted by atomic mass is 9.89. The smallest absolute Gasteiger partial charge is 0.355 e. The van der Waals surface area contributed by atoms with E-state index in [1.54, 1.807) is 36.4 Å². The number of halogens is 1. The number of hydrogen-bond donors (Lipinski definition) is 1. The summed E-state index contributed by atoms with van der Waals surface area (Å²) < 4.78 is 16.9. The fourth-order valence-electron chi connectivity index (χ4n) is 3.47. The largest absolute Gasteiger partial charge is 0.493 e. The number of allylic oxidation sites excluding steroid dienone is 1. The van der Waals surface area contributed by atoms with E-state index in [4.69, 9.17) is 25.8 Å². The molecule has 3 aromatic rings. The quantitative estimate of drug-likeness (QED) is 0.442. The Kier molecular flexibility index (Phi) is 5.78. The van der Waals surface area contributed by atoms with Gasteiger partial charge in [0.25, 0.3) is 0 Å². The number of hydrogen-bond acceptors (Lipinski definition) is 9. The lowest BCUT2D eigenvalue weighted by Crippen LogP contribution is -2.32. The first kappa shape index (κ1) is 21.3. The topological polar surface area (TPSA) is 117 Å². The van der Waals surface area contributed by atoms with Gasteiger partial charge < -0.3 is 19.5 Å². The van der Waals surface area contributed by atoms with Crippen LogP contribution in [0.3, 0.4) is 0 Å². The predicted molar refractivity (Wildman–Crippen MR) is 114 cm³/mol. The molecule has 0 fully saturated rings. The summed E-state index contributed by atoms with van der Waals surface area (Å²) in [6.45, 7) is 0. The van der Waals surface area contributed by atoms with E-state index in [0.29, 0.717) is 22.1 Å². The molecule has 1 atom stereocenters. The number of nitrogens with zero attached hydrogens (tertiary/aromatic N) is 4. The summed E-state index contributed by atoms with van der Waals surface area (Å²) in [6, 6.07) is 10.8. The maximum Gasteiger partial charge on any atom is 0.355 e. The third kappa shape index (κ3) is 3.65. The van der Waals surface area contributed by atoms with Crippen molar-refractivity contribution in [2.24, 2.45) is 0 Å². The van der Waals surface area contributed by atoms with Gasteiger partial charge in [0, 0.05) is 10.6 Å². The molecule has 32 heavy (non-hydrogen) atoms. The van der Waals surface area contributed by atoms with Gasteiger partial charge in [-0.15, -0.1) is 0 Å². The summed E-state index contributed by atoms with van der Waals surface area (Å²) >= 11 is 6.05. The number of aromatic nitrogens is 4. The zero-order valence-corrected chi connectivity index (χ0v) is 18.1. The van der Waals surface area contributed by atoms with Gasteiger partial charge in [0.15, 0.2) is 17.3 Å². The number of fused-ring (bicyclic) bond motifs is 1. The van der Waals surface area contributed by atoms with E-state index in [1.807, 2.05) is 0 Å². The minimum atomic E-state index is -0.812. The van der Waals surface area contributed by atoms with Crippen molar-refractivity contribution in [2.45, 2.75) is 6.04 Å². The maximum atomic E-state index is 13.8. The summed E-state index contributed by atoms with van der Waals surface area (Å²) in [7, 11) is 4.19. The summed E-state index contributed by atoms with van der Waals surface area (Å²) in [5, 5.41) is 14.9. The van der Waals surface area contributed by atoms with Crippen LogP contribution in [0.1, 0.15) is 22.0 Å². The average molecular weight is 456 g/mol. The second-order valence-electron chi connectivity index (χ2n) is 6.71. The van der Waals surface area contributed by atoms with Crippen LogP contribution in [0.2, 0.25) is 5.02 Å². The van der Waals surface area contributed by atoms with Crippen LogP contribution >= 0.6 is 11.6 Å². The molecule has 0 saturated heterocycles. The molecule has 0 radical (unpaired) electrons. The van der Waals surface area contributed by atoms with Crippen LogP contribution in [0.25, 0.3) is 0 Å². The molecule has 0 saturated carbocycles. The number of nitrogens with one attached hydrogen (secondary N) is 1. The second kappa shape index (κ2) is 8.67. The molecule has 1 unspecified atom stereocenters. The molecule has 1 aliphatic rings. The van der Waals surface area contributed by atoms with Crippen LogP contribution in [-0.4, -0.2) is 53.3 Å². The highest BCUT2D eigenvalue weighted by Crippen LogP contribution is 2.38. The lowest BCUT2D eigenvalue weighted by molar-refractivity contribution is -0.136. The lowest BCUT2D eigenvalue weighted by Gasteiger charge is -2.28. The SMILES string of the molecule is COC(=O)C1=C(C(=O)c2ccc(OC)c(OC)c2)C(c2ccc(Cl)cc2)n2nnnc2N1. The number of ketones is 1. The van der Waals surface area contributed by atoms with Gasteiger partial charge in [-0.3, -0.25) is 4.79 Å². The van der Waals surface area contributed by atoms with E-state index in [1.165, 1.54) is 32.1 Å². The molecule has 0 aliphatic carbocycles. The Morgan fingerprint density at radius 1 is 1.03 bits per heavy atom. The molecule has 0 spiro atoms. The standard InChI is InChI=1S/C21H18ClN5O5/c1-30-14-9-6-12(10-15(14)31-2)19(28)16-17(20(29)32-3)23-21-24-25-26-27(21)18(16)11-4-7-13(22)8-5-11/h4-10,18H,1-3H3,(H,23,24,26). The number of benzene rings is 2. The van der Waals surface area contributed by atoms with E-state index < -0.39 is 17.8 Å². The number of esters is 1. The third-order valence-electron chi connectivity index (χ3n) is 4.98. The molecule has 2 aromatic carbocycles. The average Bonchev–Trinajstić information content (AvgIpc) is 3.30. The monoisotopic (exact) mass is 455 g/mol. The minimum Gasteiger partial charge on any atom is -0.493 e. The fourth-order valence-corrected chi connectivity index (χ4v) is 3.60. The molecular weight excluding hydrogens is 438 g/mol. The van der Waals surface area contributed by atoms with Crippen LogP contribution in [0, 0.1) is 0 Å². The van der Waals surface area contributed by atoms with Gasteiger partial charge in [0.1, 0.15) is 11.7 Å². The van der Waals surface area contributed by atoms with Gasteiger partial charge in [-0.1, -0.05) is 28.8 Å². The van der Waals surface area contributed by atoms with Crippen molar-refractivity contribution < 1.29 is 23.8 Å². The molecule has 164 valence electrons. The first-order chi connectivity index (χ1) is 15.5. The molecular formula is C21H18ClN5O5. The molecule has 1 aliphatic heterocycles. The Morgan fingerprint density at radius 3 is 2.41 bits per heavy atom. The second-order valence-corrected chi connectivity index (χ2v) is 7.14. The normalized spacial score (nSPS) is 14.9. The van der Waals surface area contributed by atoms with Crippen LogP contribution in [0.5, 0.6) is 11.5 Å². The number of Topliss-reactive ketones (excluding diaryl/α,β-unsaturated/α-hetero) is 1. The Bertz CT molecular complexity index is 1220. The highest BCUT2D eigenvalue weighted by Gasteiger charge is 2.38. The highest BCUT2D eigenvalue weighted by molar-refractivity contribution is 6.30. The van der Waals surface area contributed by atoms with Crippen molar-refractivity contribution in [1.29, 1.82) is 0 Å². The molecule has 11 heteroatoms. The van der Waals surface area contributed by atoms with E-state index in [2.05, 4.69) is 20.8 Å². The Morgan fingerprint density at radius 2 is 1.75 bits per heavy atom. The zero-order valence-electron chi connectivity index (χ0n) is 17.3. The maximum absolute atomic E-state index is 13.8. The summed E-state index contributed by atoms with van der Waals surface area (Å²) in [5.74, 6) is -0.158. The molecule has 0 bridgehead atoms. The summed E-state index contributed by atoms with van der Waals surface area (Å²) in [6.07, 6.45) is 0. The number of methoxy groups -OCH3 is 3. The van der Waals surface area contributed by atoms with Crippen molar-refractivity contribution in [1.82, 2.24) is 20.2 Å². The number of tetrazole rings is 1. The van der Waals surface area contributed by atoms with E-state index >= 15 is 0 Å². The number of carbonyl (C=O) groups excluding carboxylic acids is 2. The van der Waals surface area contributed by atoms with Gasteiger partial charge >= 0.3 is 5.97 Å². The molecule has 1 aromatic heterocycles. The van der Waals surface area contributed by atoms with E-state index in [-0.39, 0.29) is 22.8 Å². The third-order valence-corrected chi connectivity index (χ3v) is 5.23. The van der Waals surface area contributed by atoms with Crippen LogP contribution in [0.15, 0.2) is 53.7 Å². The Labute approximate surface area is 187 Å². The molecule has 0 amide bonds. The van der Waals surface area contributed by atoms with Crippen LogP contribution in [0.4, 0.5) is 5.95 Å². The first-order valence-electron chi connectivity index (χ1n) is 9.38. The molecule has 2 heterocycles. The van der Waals surface area contributed by atoms with E-state index in [0.717, 1.165) is 0 Å². The number of anilines is 1. The number of carbonyl (C=O) groups is 2. The van der Waals surface area contributed by atoms with Crippen molar-refractivity contribution >= 4 is 29.3 Å². The first-order valence-corrected chi connectivity index (χ1v) is 9.75. The zero-order chi connectivity index (χ0) is 22.8. The molecule has 4 rings (SSSR count). The fraction of sp³-hybridized carbons (Fsp3) is 0.190. The van der Waals surface area contributed by atoms with E-state index in [9.17, 15) is 9.59 Å². The van der Waals surface area contributed by atoms with Crippen molar-refractivity contribution in [3.63, 3.8) is 0 Å². The van der Waals surface area contributed by atoms with Gasteiger partial charge in [-0.05, 0) is 46.3 Å². The number of rotatable bonds is 6. The van der Waals surface area contributed by atoms with Gasteiger partial charge in [0.2, 0.25) is 5.95 Å². The molecule has 1 N–H and O–H groups in total. The summed E-state index contributed by atoms with van der Waals surface area (Å²) in [4.78, 5) is 26.4. The van der Waals surface area contributed by atoms with Crippen molar-refractivity contribution in [3.8, 4) is 11.5 Å². The molecule has 10 nitrogen and oxygen atoms in total. The minimum absolute atomic E-state index is 0.0606. The van der Waals surface area contributed by atoms with Gasteiger partial charge in [-0.2, -0.15) is 4.68 Å². The summed E-state index contributed by atoms with van der Waals surface area (Å²) in [5.41, 5.74) is 0.965. The van der Waals surface area contributed by atoms with Crippen molar-refractivity contribution in [2.75, 3.05) is 26.6 Å². The highest BCUT2D eigenvalue weighted by atomic mass is 35.5. The van der Waals surface area contributed by atoms with Crippen LogP contribution < -0.4 is 14.8 Å².